The summed E-state index contributed by atoms with van der Waals surface area (Å²) in [5, 5.41) is 0. The van der Waals surface area contributed by atoms with Gasteiger partial charge in [-0.15, -0.1) is 0 Å². The minimum Gasteiger partial charge on any atom is -0.462 e. The fourth-order valence-electron chi connectivity index (χ4n) is 3.56. The van der Waals surface area contributed by atoms with E-state index in [-0.39, 0.29) is 17.5 Å². The molecule has 0 aromatic heterocycles. The fraction of sp³-hybridized carbons (Fsp3) is 0.882. The first-order valence-corrected chi connectivity index (χ1v) is 7.98. The van der Waals surface area contributed by atoms with Gasteiger partial charge in [0, 0.05) is 11.8 Å². The molecule has 2 rings (SSSR count). The van der Waals surface area contributed by atoms with Gasteiger partial charge >= 0.3 is 5.97 Å². The highest BCUT2D eigenvalue weighted by atomic mass is 16.5. The summed E-state index contributed by atoms with van der Waals surface area (Å²) in [4.78, 5) is 24.4. The van der Waals surface area contributed by atoms with Crippen molar-refractivity contribution in [2.24, 2.45) is 16.7 Å². The predicted octanol–water partition coefficient (Wildman–Crippen LogP) is 3.89. The van der Waals surface area contributed by atoms with E-state index < -0.39 is 5.41 Å². The first-order valence-electron chi connectivity index (χ1n) is 7.98. The first kappa shape index (κ1) is 15.5. The maximum absolute atomic E-state index is 12.4. The van der Waals surface area contributed by atoms with Gasteiger partial charge in [0.25, 0.3) is 0 Å². The van der Waals surface area contributed by atoms with Gasteiger partial charge in [0.05, 0.1) is 5.41 Å². The molecule has 0 aliphatic heterocycles. The number of rotatable bonds is 1. The number of carbonyl (C=O) groups is 2. The molecular formula is C17H28O3. The molecule has 2 aliphatic carbocycles. The standard InChI is InChI=1S/C17H28O3/c1-16(2,3)15(19)20-13-9-10-17(4)12(11-13)7-5-6-8-14(17)18/h12-13H,5-11H2,1-4H3/t12-,13-,17+/m1/s1. The molecule has 0 unspecified atom stereocenters. The molecule has 0 N–H and O–H groups in total. The fourth-order valence-corrected chi connectivity index (χ4v) is 3.56. The predicted molar refractivity (Wildman–Crippen MR) is 78.3 cm³/mol. The minimum atomic E-state index is -0.444. The summed E-state index contributed by atoms with van der Waals surface area (Å²) in [5.41, 5.74) is -0.610. The van der Waals surface area contributed by atoms with Crippen molar-refractivity contribution < 1.29 is 14.3 Å². The summed E-state index contributed by atoms with van der Waals surface area (Å²) in [5.74, 6) is 0.704. The van der Waals surface area contributed by atoms with Crippen LogP contribution in [-0.2, 0) is 14.3 Å². The van der Waals surface area contributed by atoms with E-state index in [0.29, 0.717) is 11.7 Å². The van der Waals surface area contributed by atoms with Crippen molar-refractivity contribution in [3.8, 4) is 0 Å². The van der Waals surface area contributed by atoms with Gasteiger partial charge in [0.1, 0.15) is 11.9 Å². The molecule has 2 aliphatic rings. The molecule has 0 aromatic carbocycles. The van der Waals surface area contributed by atoms with Crippen LogP contribution in [0.2, 0.25) is 0 Å². The van der Waals surface area contributed by atoms with Crippen molar-refractivity contribution in [2.75, 3.05) is 0 Å². The van der Waals surface area contributed by atoms with E-state index in [0.717, 1.165) is 44.9 Å². The summed E-state index contributed by atoms with van der Waals surface area (Å²) in [7, 11) is 0. The van der Waals surface area contributed by atoms with Gasteiger partial charge in [-0.3, -0.25) is 9.59 Å². The second kappa shape index (κ2) is 5.50. The van der Waals surface area contributed by atoms with E-state index in [2.05, 4.69) is 6.92 Å². The Labute approximate surface area is 122 Å². The Morgan fingerprint density at radius 2 is 1.95 bits per heavy atom. The zero-order valence-electron chi connectivity index (χ0n) is 13.3. The largest absolute Gasteiger partial charge is 0.462 e. The molecule has 3 atom stereocenters. The molecule has 0 spiro atoms. The Morgan fingerprint density at radius 3 is 2.60 bits per heavy atom. The number of hydrogen-bond donors (Lipinski definition) is 0. The summed E-state index contributed by atoms with van der Waals surface area (Å²) in [6, 6.07) is 0. The van der Waals surface area contributed by atoms with Crippen LogP contribution in [0.5, 0.6) is 0 Å². The highest BCUT2D eigenvalue weighted by molar-refractivity contribution is 5.85. The van der Waals surface area contributed by atoms with Gasteiger partial charge in [-0.25, -0.2) is 0 Å². The molecule has 0 aromatic rings. The molecular weight excluding hydrogens is 252 g/mol. The number of esters is 1. The average molecular weight is 280 g/mol. The number of fused-ring (bicyclic) bond motifs is 1. The van der Waals surface area contributed by atoms with Crippen LogP contribution < -0.4 is 0 Å². The smallest absolute Gasteiger partial charge is 0.311 e. The Morgan fingerprint density at radius 1 is 1.25 bits per heavy atom. The average Bonchev–Trinajstić information content (AvgIpc) is 2.49. The minimum absolute atomic E-state index is 0.00528. The van der Waals surface area contributed by atoms with Gasteiger partial charge in [-0.05, 0) is 58.8 Å². The van der Waals surface area contributed by atoms with Crippen molar-refractivity contribution in [2.45, 2.75) is 78.7 Å². The van der Waals surface area contributed by atoms with Crippen molar-refractivity contribution in [1.29, 1.82) is 0 Å². The van der Waals surface area contributed by atoms with Crippen molar-refractivity contribution in [3.63, 3.8) is 0 Å². The van der Waals surface area contributed by atoms with Gasteiger partial charge in [-0.1, -0.05) is 13.3 Å². The van der Waals surface area contributed by atoms with E-state index in [1.165, 1.54) is 0 Å². The van der Waals surface area contributed by atoms with Crippen LogP contribution in [0.1, 0.15) is 72.6 Å². The lowest BCUT2D eigenvalue weighted by molar-refractivity contribution is -0.163. The molecule has 3 heteroatoms. The lowest BCUT2D eigenvalue weighted by Crippen LogP contribution is -2.43. The van der Waals surface area contributed by atoms with Gasteiger partial charge < -0.3 is 4.74 Å². The van der Waals surface area contributed by atoms with Crippen LogP contribution >= 0.6 is 0 Å². The summed E-state index contributed by atoms with van der Waals surface area (Å²) in [6.45, 7) is 7.79. The molecule has 114 valence electrons. The molecule has 0 heterocycles. The van der Waals surface area contributed by atoms with Crippen LogP contribution in [0.25, 0.3) is 0 Å². The van der Waals surface area contributed by atoms with Crippen LogP contribution in [0.4, 0.5) is 0 Å². The third-order valence-corrected chi connectivity index (χ3v) is 5.16. The van der Waals surface area contributed by atoms with Crippen molar-refractivity contribution >= 4 is 11.8 Å². The van der Waals surface area contributed by atoms with Gasteiger partial charge in [-0.2, -0.15) is 0 Å². The van der Waals surface area contributed by atoms with E-state index >= 15 is 0 Å². The zero-order valence-corrected chi connectivity index (χ0v) is 13.3. The van der Waals surface area contributed by atoms with Crippen molar-refractivity contribution in [3.05, 3.63) is 0 Å². The van der Waals surface area contributed by atoms with Crippen LogP contribution in [0.15, 0.2) is 0 Å². The maximum Gasteiger partial charge on any atom is 0.311 e. The van der Waals surface area contributed by atoms with E-state index in [1.807, 2.05) is 20.8 Å². The number of ketones is 1. The molecule has 0 bridgehead atoms. The lowest BCUT2D eigenvalue weighted by Gasteiger charge is -2.42. The Bertz CT molecular complexity index is 394. The van der Waals surface area contributed by atoms with Gasteiger partial charge in [0.2, 0.25) is 0 Å². The summed E-state index contributed by atoms with van der Waals surface area (Å²) in [6.07, 6.45) is 6.57. The molecule has 0 radical (unpaired) electrons. The van der Waals surface area contributed by atoms with E-state index in [9.17, 15) is 9.59 Å². The molecule has 0 amide bonds. The maximum atomic E-state index is 12.4. The number of ether oxygens (including phenoxy) is 1. The normalized spacial score (nSPS) is 35.1. The zero-order chi connectivity index (χ0) is 15.0. The Hall–Kier alpha value is -0.860. The molecule has 20 heavy (non-hydrogen) atoms. The number of hydrogen-bond acceptors (Lipinski definition) is 3. The van der Waals surface area contributed by atoms with Crippen LogP contribution in [0, 0.1) is 16.7 Å². The topological polar surface area (TPSA) is 43.4 Å². The molecule has 2 saturated carbocycles. The van der Waals surface area contributed by atoms with Crippen LogP contribution in [0.3, 0.4) is 0 Å². The first-order chi connectivity index (χ1) is 9.23. The monoisotopic (exact) mass is 280 g/mol. The second-order valence-corrected chi connectivity index (χ2v) is 7.84. The lowest BCUT2D eigenvalue weighted by atomic mass is 9.63. The SMILES string of the molecule is CC(C)(C)C(=O)O[C@@H]1CC[C@]2(C)C(=O)CCCC[C@@H]2C1. The second-order valence-electron chi connectivity index (χ2n) is 7.84. The Balaban J connectivity index is 2.03. The molecule has 3 nitrogen and oxygen atoms in total. The third-order valence-electron chi connectivity index (χ3n) is 5.16. The quantitative estimate of drug-likeness (QED) is 0.684. The molecule has 0 saturated heterocycles. The summed E-state index contributed by atoms with van der Waals surface area (Å²) >= 11 is 0. The summed E-state index contributed by atoms with van der Waals surface area (Å²) < 4.78 is 5.68. The van der Waals surface area contributed by atoms with E-state index in [4.69, 9.17) is 4.74 Å². The highest BCUT2D eigenvalue weighted by Gasteiger charge is 2.46. The Kier molecular flexibility index (Phi) is 4.27. The highest BCUT2D eigenvalue weighted by Crippen LogP contribution is 2.47. The van der Waals surface area contributed by atoms with E-state index in [1.54, 1.807) is 0 Å². The third kappa shape index (κ3) is 3.07. The van der Waals surface area contributed by atoms with Gasteiger partial charge in [0.15, 0.2) is 0 Å². The van der Waals surface area contributed by atoms with Crippen LogP contribution in [-0.4, -0.2) is 17.9 Å². The molecule has 2 fully saturated rings. The number of Topliss-reactive ketones (excluding diaryl/α,β-unsaturated/α-hetero) is 1. The number of carbonyl (C=O) groups excluding carboxylic acids is 2. The van der Waals surface area contributed by atoms with Crippen molar-refractivity contribution in [1.82, 2.24) is 0 Å².